The minimum Gasteiger partial charge on any atom is -0.490 e. The Morgan fingerprint density at radius 1 is 1.25 bits per heavy atom. The van der Waals surface area contributed by atoms with Gasteiger partial charge < -0.3 is 9.47 Å². The lowest BCUT2D eigenvalue weighted by atomic mass is 10.3. The highest BCUT2D eigenvalue weighted by Crippen LogP contribution is 2.26. The number of nitrogens with zero attached hydrogens (tertiary/aromatic N) is 2. The van der Waals surface area contributed by atoms with Crippen LogP contribution in [0.5, 0.6) is 11.5 Å². The van der Waals surface area contributed by atoms with Crippen molar-refractivity contribution in [3.8, 4) is 11.5 Å². The second kappa shape index (κ2) is 6.96. The van der Waals surface area contributed by atoms with Gasteiger partial charge in [0.15, 0.2) is 11.5 Å². The van der Waals surface area contributed by atoms with Gasteiger partial charge in [-0.3, -0.25) is 9.36 Å². The van der Waals surface area contributed by atoms with E-state index in [1.54, 1.807) is 0 Å². The number of aromatic nitrogens is 2. The number of rotatable bonds is 6. The Hall–Kier alpha value is -2.01. The molecule has 0 fully saturated rings. The summed E-state index contributed by atoms with van der Waals surface area (Å²) in [5.74, 6) is 1.35. The molecule has 2 aromatic rings. The topological polar surface area (TPSA) is 53.4 Å². The third-order valence-electron chi connectivity index (χ3n) is 2.58. The average Bonchev–Trinajstić information content (AvgIpc) is 2.43. The monoisotopic (exact) mass is 294 g/mol. The van der Waals surface area contributed by atoms with Crippen molar-refractivity contribution in [1.29, 1.82) is 0 Å². The normalized spacial score (nSPS) is 10.3. The lowest BCUT2D eigenvalue weighted by molar-refractivity contribution is 0.265. The van der Waals surface area contributed by atoms with Crippen molar-refractivity contribution in [3.05, 3.63) is 52.2 Å². The average molecular weight is 295 g/mol. The Morgan fingerprint density at radius 3 is 2.60 bits per heavy atom. The first kappa shape index (κ1) is 14.4. The van der Waals surface area contributed by atoms with Crippen LogP contribution in [-0.2, 0) is 6.54 Å². The lowest BCUT2D eigenvalue weighted by Crippen LogP contribution is -2.22. The van der Waals surface area contributed by atoms with E-state index in [0.29, 0.717) is 31.3 Å². The Balaban J connectivity index is 1.97. The minimum atomic E-state index is -0.202. The molecule has 0 amide bonds. The van der Waals surface area contributed by atoms with Crippen molar-refractivity contribution in [3.63, 3.8) is 0 Å². The number of para-hydroxylation sites is 2. The molecule has 2 rings (SSSR count). The maximum atomic E-state index is 11.6. The fourth-order valence-corrected chi connectivity index (χ4v) is 1.81. The van der Waals surface area contributed by atoms with E-state index in [1.807, 2.05) is 31.2 Å². The van der Waals surface area contributed by atoms with Gasteiger partial charge in [-0.05, 0) is 19.1 Å². The third-order valence-corrected chi connectivity index (χ3v) is 2.79. The van der Waals surface area contributed by atoms with Gasteiger partial charge in [0.1, 0.15) is 11.8 Å². The van der Waals surface area contributed by atoms with E-state index in [1.165, 1.54) is 17.0 Å². The van der Waals surface area contributed by atoms with E-state index in [-0.39, 0.29) is 10.7 Å². The first-order valence-corrected chi connectivity index (χ1v) is 6.65. The molecule has 0 atom stereocenters. The summed E-state index contributed by atoms with van der Waals surface area (Å²) in [6, 6.07) is 8.69. The minimum absolute atomic E-state index is 0.189. The number of halogens is 1. The molecule has 1 aromatic carbocycles. The molecule has 0 aliphatic rings. The Kier molecular flexibility index (Phi) is 5.01. The molecule has 0 N–H and O–H groups in total. The van der Waals surface area contributed by atoms with E-state index in [9.17, 15) is 4.79 Å². The van der Waals surface area contributed by atoms with Crippen LogP contribution in [-0.4, -0.2) is 22.8 Å². The molecular formula is C14H15ClN2O3. The molecule has 0 aliphatic heterocycles. The molecular weight excluding hydrogens is 280 g/mol. The SMILES string of the molecule is CCOc1ccccc1OCCn1cnc(Cl)cc1=O. The van der Waals surface area contributed by atoms with E-state index >= 15 is 0 Å². The van der Waals surface area contributed by atoms with E-state index in [4.69, 9.17) is 21.1 Å². The van der Waals surface area contributed by atoms with Gasteiger partial charge in [0, 0.05) is 6.07 Å². The van der Waals surface area contributed by atoms with Crippen LogP contribution in [0, 0.1) is 0 Å². The van der Waals surface area contributed by atoms with Crippen molar-refractivity contribution in [2.24, 2.45) is 0 Å². The number of hydrogen-bond acceptors (Lipinski definition) is 4. The summed E-state index contributed by atoms with van der Waals surface area (Å²) in [5, 5.41) is 0.189. The second-order valence-corrected chi connectivity index (χ2v) is 4.36. The Morgan fingerprint density at radius 2 is 1.95 bits per heavy atom. The molecule has 0 saturated heterocycles. The third kappa shape index (κ3) is 3.74. The molecule has 0 unspecified atom stereocenters. The summed E-state index contributed by atoms with van der Waals surface area (Å²) in [6.07, 6.45) is 1.41. The van der Waals surface area contributed by atoms with Crippen molar-refractivity contribution < 1.29 is 9.47 Å². The lowest BCUT2D eigenvalue weighted by Gasteiger charge is -2.12. The molecule has 0 radical (unpaired) electrons. The summed E-state index contributed by atoms with van der Waals surface area (Å²) in [7, 11) is 0. The summed E-state index contributed by atoms with van der Waals surface area (Å²) in [5.41, 5.74) is -0.202. The number of benzene rings is 1. The Labute approximate surface area is 121 Å². The first-order valence-electron chi connectivity index (χ1n) is 6.27. The van der Waals surface area contributed by atoms with Gasteiger partial charge in [0.2, 0.25) is 0 Å². The van der Waals surface area contributed by atoms with Crippen LogP contribution < -0.4 is 15.0 Å². The molecule has 106 valence electrons. The predicted molar refractivity (Wildman–Crippen MR) is 76.6 cm³/mol. The van der Waals surface area contributed by atoms with Gasteiger partial charge >= 0.3 is 0 Å². The highest BCUT2D eigenvalue weighted by Gasteiger charge is 2.04. The van der Waals surface area contributed by atoms with Gasteiger partial charge in [-0.15, -0.1) is 0 Å². The largest absolute Gasteiger partial charge is 0.490 e. The molecule has 0 saturated carbocycles. The van der Waals surface area contributed by atoms with Crippen molar-refractivity contribution >= 4 is 11.6 Å². The molecule has 0 aliphatic carbocycles. The zero-order valence-electron chi connectivity index (χ0n) is 11.1. The maximum absolute atomic E-state index is 11.6. The van der Waals surface area contributed by atoms with E-state index in [2.05, 4.69) is 4.98 Å². The predicted octanol–water partition coefficient (Wildman–Crippen LogP) is 2.37. The second-order valence-electron chi connectivity index (χ2n) is 3.97. The van der Waals surface area contributed by atoms with E-state index in [0.717, 1.165) is 0 Å². The van der Waals surface area contributed by atoms with Crippen LogP contribution in [0.25, 0.3) is 0 Å². The molecule has 5 nitrogen and oxygen atoms in total. The van der Waals surface area contributed by atoms with Crippen LogP contribution in [0.1, 0.15) is 6.92 Å². The van der Waals surface area contributed by atoms with Crippen molar-refractivity contribution in [2.75, 3.05) is 13.2 Å². The molecule has 1 heterocycles. The van der Waals surface area contributed by atoms with Gasteiger partial charge in [-0.1, -0.05) is 23.7 Å². The summed E-state index contributed by atoms with van der Waals surface area (Å²) >= 11 is 5.63. The Bertz CT molecular complexity index is 628. The molecule has 1 aromatic heterocycles. The van der Waals surface area contributed by atoms with Crippen molar-refractivity contribution in [2.45, 2.75) is 13.5 Å². The van der Waals surface area contributed by atoms with Gasteiger partial charge in [-0.2, -0.15) is 0 Å². The quantitative estimate of drug-likeness (QED) is 0.768. The zero-order chi connectivity index (χ0) is 14.4. The highest BCUT2D eigenvalue weighted by atomic mass is 35.5. The summed E-state index contributed by atoms with van der Waals surface area (Å²) < 4.78 is 12.5. The number of hydrogen-bond donors (Lipinski definition) is 0. The van der Waals surface area contributed by atoms with Crippen LogP contribution in [0.15, 0.2) is 41.5 Å². The van der Waals surface area contributed by atoms with Crippen molar-refractivity contribution in [1.82, 2.24) is 9.55 Å². The smallest absolute Gasteiger partial charge is 0.254 e. The molecule has 20 heavy (non-hydrogen) atoms. The number of ether oxygens (including phenoxy) is 2. The highest BCUT2D eigenvalue weighted by molar-refractivity contribution is 6.29. The first-order chi connectivity index (χ1) is 9.70. The maximum Gasteiger partial charge on any atom is 0.254 e. The molecule has 0 bridgehead atoms. The van der Waals surface area contributed by atoms with Gasteiger partial charge in [0.05, 0.1) is 19.5 Å². The fraction of sp³-hybridized carbons (Fsp3) is 0.286. The zero-order valence-corrected chi connectivity index (χ0v) is 11.8. The van der Waals surface area contributed by atoms with Crippen LogP contribution >= 0.6 is 11.6 Å². The summed E-state index contributed by atoms with van der Waals surface area (Å²) in [4.78, 5) is 15.5. The van der Waals surface area contributed by atoms with E-state index < -0.39 is 0 Å². The van der Waals surface area contributed by atoms with Crippen LogP contribution in [0.3, 0.4) is 0 Å². The van der Waals surface area contributed by atoms with Gasteiger partial charge in [0.25, 0.3) is 5.56 Å². The van der Waals surface area contributed by atoms with Crippen LogP contribution in [0.2, 0.25) is 5.15 Å². The molecule has 6 heteroatoms. The fourth-order valence-electron chi connectivity index (χ4n) is 1.67. The van der Waals surface area contributed by atoms with Gasteiger partial charge in [-0.25, -0.2) is 4.98 Å². The standard InChI is InChI=1S/C14H15ClN2O3/c1-2-19-11-5-3-4-6-12(11)20-8-7-17-10-16-13(15)9-14(17)18/h3-6,9-10H,2,7-8H2,1H3. The van der Waals surface area contributed by atoms with Crippen LogP contribution in [0.4, 0.5) is 0 Å². The summed E-state index contributed by atoms with van der Waals surface area (Å²) in [6.45, 7) is 3.22. The molecule has 0 spiro atoms.